The lowest BCUT2D eigenvalue weighted by Gasteiger charge is -2.27. The molecule has 0 aromatic carbocycles. The number of phosphoric ester groups is 1. The molecule has 406 valence electrons. The number of carbonyl (C=O) groups excluding carboxylic acids is 2. The lowest BCUT2D eigenvalue weighted by atomic mass is 10.0. The number of hydrogen-bond donors (Lipinski definition) is 2. The Kier molecular flexibility index (Phi) is 48.2. The maximum atomic E-state index is 13.5. The van der Waals surface area contributed by atoms with Gasteiger partial charge in [0.1, 0.15) is 19.3 Å². The molecule has 0 fully saturated rings. The highest BCUT2D eigenvalue weighted by molar-refractivity contribution is 7.47. The molecule has 2 N–H and O–H groups in total. The van der Waals surface area contributed by atoms with Crippen molar-refractivity contribution in [2.45, 2.75) is 258 Å². The second-order valence-corrected chi connectivity index (χ2v) is 21.9. The standard InChI is InChI=1S/C60H109N2O7P/c1-7-10-13-16-19-22-25-28-30-31-32-34-37-40-43-46-49-52-59(63)61-57(56-68-70(65,66)67-55-54-62(4,5)6)58(51-48-45-42-39-36-33-27-24-21-18-15-12-9-3)69-60(64)53-50-47-44-41-38-35-29-26-23-20-17-14-11-8-2/h11,14,19-20,22-23,28,30,32,34,48,51,57-58H,7-10,12-13,15-18,21,24-27,29,31,33,35-47,49-50,52-56H2,1-6H3,(H-,61,63,65,66)/p+1/b14-11+,22-19-,23-20+,30-28-,34-32-,51-48+. The molecule has 0 saturated carbocycles. The van der Waals surface area contributed by atoms with E-state index < -0.39 is 20.0 Å². The Bertz CT molecular complexity index is 1430. The van der Waals surface area contributed by atoms with Crippen molar-refractivity contribution < 1.29 is 37.3 Å². The average molecular weight is 1000 g/mol. The van der Waals surface area contributed by atoms with Crippen molar-refractivity contribution in [1.82, 2.24) is 5.32 Å². The lowest BCUT2D eigenvalue weighted by molar-refractivity contribution is -0.870. The topological polar surface area (TPSA) is 111 Å². The van der Waals surface area contributed by atoms with Gasteiger partial charge in [0.2, 0.25) is 5.91 Å². The summed E-state index contributed by atoms with van der Waals surface area (Å²) >= 11 is 0. The molecule has 0 spiro atoms. The van der Waals surface area contributed by atoms with Crippen LogP contribution in [-0.4, -0.2) is 74.3 Å². The quantitative estimate of drug-likeness (QED) is 0.0205. The molecule has 0 rings (SSSR count). The van der Waals surface area contributed by atoms with Gasteiger partial charge in [0, 0.05) is 12.8 Å². The Labute approximate surface area is 432 Å². The third-order valence-corrected chi connectivity index (χ3v) is 13.4. The van der Waals surface area contributed by atoms with Gasteiger partial charge in [-0.3, -0.25) is 18.6 Å². The number of phosphoric acid groups is 1. The molecule has 0 aromatic heterocycles. The summed E-state index contributed by atoms with van der Waals surface area (Å²) in [5.41, 5.74) is 0. The molecule has 0 heterocycles. The van der Waals surface area contributed by atoms with Crippen molar-refractivity contribution in [1.29, 1.82) is 0 Å². The lowest BCUT2D eigenvalue weighted by Crippen LogP contribution is -2.47. The number of quaternary nitrogens is 1. The van der Waals surface area contributed by atoms with E-state index in [-0.39, 0.29) is 31.5 Å². The van der Waals surface area contributed by atoms with Crippen LogP contribution in [0.2, 0.25) is 0 Å². The summed E-state index contributed by atoms with van der Waals surface area (Å²) in [6.45, 7) is 6.85. The monoisotopic (exact) mass is 1000 g/mol. The zero-order valence-corrected chi connectivity index (χ0v) is 47.1. The van der Waals surface area contributed by atoms with E-state index in [1.54, 1.807) is 0 Å². The molecular weight excluding hydrogens is 892 g/mol. The van der Waals surface area contributed by atoms with E-state index in [1.165, 1.54) is 103 Å². The van der Waals surface area contributed by atoms with Crippen LogP contribution in [0, 0.1) is 0 Å². The fourth-order valence-corrected chi connectivity index (χ4v) is 8.66. The van der Waals surface area contributed by atoms with E-state index in [2.05, 4.69) is 86.8 Å². The molecule has 0 aliphatic carbocycles. The SMILES string of the molecule is CC/C=C/C/C=C/CCCCCCCCCC(=O)OC(/C=C/CCCCCCCCCCCCC)C(COP(=O)(O)OCC[N+](C)(C)C)NC(=O)CCCCCC/C=C\C/C=C\C/C=C\CCCCC. The molecule has 3 unspecified atom stereocenters. The van der Waals surface area contributed by atoms with E-state index >= 15 is 0 Å². The number of ether oxygens (including phenoxy) is 1. The first-order valence-corrected chi connectivity index (χ1v) is 30.3. The molecule has 0 aromatic rings. The molecule has 0 radical (unpaired) electrons. The first-order chi connectivity index (χ1) is 33.9. The predicted molar refractivity (Wildman–Crippen MR) is 300 cm³/mol. The largest absolute Gasteiger partial charge is 0.472 e. The first kappa shape index (κ1) is 67.5. The van der Waals surface area contributed by atoms with Crippen LogP contribution in [0.1, 0.15) is 245 Å². The smallest absolute Gasteiger partial charge is 0.456 e. The van der Waals surface area contributed by atoms with Crippen LogP contribution in [-0.2, 0) is 27.9 Å². The Morgan fingerprint density at radius 3 is 1.40 bits per heavy atom. The summed E-state index contributed by atoms with van der Waals surface area (Å²) in [5.74, 6) is -0.541. The molecule has 3 atom stereocenters. The highest BCUT2D eigenvalue weighted by atomic mass is 31.2. The number of rotatable bonds is 51. The number of nitrogens with zero attached hydrogens (tertiary/aromatic N) is 1. The van der Waals surface area contributed by atoms with Crippen molar-refractivity contribution in [3.8, 4) is 0 Å². The summed E-state index contributed by atoms with van der Waals surface area (Å²) < 4.78 is 30.6. The van der Waals surface area contributed by atoms with Gasteiger partial charge in [-0.15, -0.1) is 0 Å². The van der Waals surface area contributed by atoms with Gasteiger partial charge in [-0.1, -0.05) is 210 Å². The molecule has 0 aliphatic heterocycles. The summed E-state index contributed by atoms with van der Waals surface area (Å²) in [6, 6.07) is -0.865. The van der Waals surface area contributed by atoms with E-state index in [4.69, 9.17) is 13.8 Å². The minimum Gasteiger partial charge on any atom is -0.456 e. The number of unbranched alkanes of at least 4 members (excludes halogenated alkanes) is 25. The van der Waals surface area contributed by atoms with Gasteiger partial charge in [-0.25, -0.2) is 4.57 Å². The molecular formula is C60H110N2O7P+. The molecule has 10 heteroatoms. The van der Waals surface area contributed by atoms with Crippen LogP contribution < -0.4 is 5.32 Å². The van der Waals surface area contributed by atoms with E-state index in [9.17, 15) is 19.0 Å². The van der Waals surface area contributed by atoms with Gasteiger partial charge in [0.15, 0.2) is 0 Å². The second kappa shape index (κ2) is 50.0. The van der Waals surface area contributed by atoms with E-state index in [1.807, 2.05) is 33.3 Å². The first-order valence-electron chi connectivity index (χ1n) is 28.8. The van der Waals surface area contributed by atoms with Crippen molar-refractivity contribution in [2.24, 2.45) is 0 Å². The summed E-state index contributed by atoms with van der Waals surface area (Å²) in [7, 11) is 1.47. The van der Waals surface area contributed by atoms with Crippen LogP contribution >= 0.6 is 7.82 Å². The normalized spacial score (nSPS) is 14.3. The Hall–Kier alpha value is -2.55. The molecule has 9 nitrogen and oxygen atoms in total. The number of esters is 1. The number of allylic oxidation sites excluding steroid dienone is 11. The zero-order chi connectivity index (χ0) is 51.5. The van der Waals surface area contributed by atoms with Crippen molar-refractivity contribution >= 4 is 19.7 Å². The van der Waals surface area contributed by atoms with Crippen molar-refractivity contribution in [3.63, 3.8) is 0 Å². The number of likely N-dealkylation sites (N-methyl/N-ethyl adjacent to an activating group) is 1. The van der Waals surface area contributed by atoms with Crippen LogP contribution in [0.5, 0.6) is 0 Å². The van der Waals surface area contributed by atoms with E-state index in [0.29, 0.717) is 17.4 Å². The van der Waals surface area contributed by atoms with Crippen molar-refractivity contribution in [3.05, 3.63) is 72.9 Å². The molecule has 1 amide bonds. The summed E-state index contributed by atoms with van der Waals surface area (Å²) in [4.78, 5) is 37.6. The van der Waals surface area contributed by atoms with Crippen LogP contribution in [0.25, 0.3) is 0 Å². The predicted octanol–water partition coefficient (Wildman–Crippen LogP) is 17.3. The van der Waals surface area contributed by atoms with Crippen LogP contribution in [0.4, 0.5) is 0 Å². The number of nitrogens with one attached hydrogen (secondary N) is 1. The Morgan fingerprint density at radius 2 is 0.914 bits per heavy atom. The van der Waals surface area contributed by atoms with Gasteiger partial charge >= 0.3 is 13.8 Å². The highest BCUT2D eigenvalue weighted by Crippen LogP contribution is 2.43. The second-order valence-electron chi connectivity index (χ2n) is 20.4. The van der Waals surface area contributed by atoms with E-state index in [0.717, 1.165) is 109 Å². The maximum absolute atomic E-state index is 13.5. The zero-order valence-electron chi connectivity index (χ0n) is 46.2. The Morgan fingerprint density at radius 1 is 0.514 bits per heavy atom. The fraction of sp³-hybridized carbons (Fsp3) is 0.767. The minimum absolute atomic E-state index is 0.0318. The van der Waals surface area contributed by atoms with Crippen molar-refractivity contribution in [2.75, 3.05) is 40.9 Å². The Balaban J connectivity index is 5.42. The molecule has 0 saturated heterocycles. The minimum atomic E-state index is -4.45. The summed E-state index contributed by atoms with van der Waals surface area (Å²) in [6.07, 6.45) is 63.2. The highest BCUT2D eigenvalue weighted by Gasteiger charge is 2.30. The number of hydrogen-bond acceptors (Lipinski definition) is 6. The summed E-state index contributed by atoms with van der Waals surface area (Å²) in [5, 5.41) is 3.03. The van der Waals surface area contributed by atoms with Gasteiger partial charge in [0.25, 0.3) is 0 Å². The van der Waals surface area contributed by atoms with Crippen LogP contribution in [0.15, 0.2) is 72.9 Å². The van der Waals surface area contributed by atoms with Gasteiger partial charge < -0.3 is 19.4 Å². The number of carbonyl (C=O) groups is 2. The molecule has 70 heavy (non-hydrogen) atoms. The van der Waals surface area contributed by atoms with Gasteiger partial charge in [-0.05, 0) is 96.0 Å². The fourth-order valence-electron chi connectivity index (χ4n) is 7.92. The maximum Gasteiger partial charge on any atom is 0.472 e. The van der Waals surface area contributed by atoms with Gasteiger partial charge in [0.05, 0.1) is 33.8 Å². The third kappa shape index (κ3) is 50.4. The molecule has 0 aliphatic rings. The van der Waals surface area contributed by atoms with Gasteiger partial charge in [-0.2, -0.15) is 0 Å². The third-order valence-electron chi connectivity index (χ3n) is 12.4. The molecule has 0 bridgehead atoms. The average Bonchev–Trinajstić information content (AvgIpc) is 3.32. The van der Waals surface area contributed by atoms with Crippen LogP contribution in [0.3, 0.4) is 0 Å². The number of amides is 1.